The van der Waals surface area contributed by atoms with Gasteiger partial charge in [0.2, 0.25) is 0 Å². The van der Waals surface area contributed by atoms with Crippen molar-refractivity contribution in [2.24, 2.45) is 0 Å². The van der Waals surface area contributed by atoms with E-state index < -0.39 is 6.09 Å². The van der Waals surface area contributed by atoms with Crippen molar-refractivity contribution in [2.45, 2.75) is 19.9 Å². The van der Waals surface area contributed by atoms with Crippen LogP contribution in [0.5, 0.6) is 11.5 Å². The molecule has 0 fully saturated rings. The first-order chi connectivity index (χ1) is 8.70. The number of hydrogen-bond acceptors (Lipinski definition) is 4. The first kappa shape index (κ1) is 12.5. The van der Waals surface area contributed by atoms with Crippen LogP contribution in [0.25, 0.3) is 0 Å². The van der Waals surface area contributed by atoms with Gasteiger partial charge in [-0.1, -0.05) is 6.07 Å². The fraction of sp³-hybridized carbons (Fsp3) is 0.462. The number of alkyl carbamates (subject to hydrolysis) is 1. The molecule has 98 valence electrons. The molecular formula is C13H17NO4. The molecule has 0 radical (unpaired) electrons. The van der Waals surface area contributed by atoms with E-state index in [0.717, 1.165) is 17.1 Å². The number of carbonyl (C=O) groups is 1. The number of benzene rings is 1. The van der Waals surface area contributed by atoms with Gasteiger partial charge in [0, 0.05) is 0 Å². The summed E-state index contributed by atoms with van der Waals surface area (Å²) < 4.78 is 15.8. The standard InChI is InChI=1S/C13H17NO4/c1-3-16-13(15)14-9(2)10-4-5-11-12(8-10)18-7-6-17-11/h4-5,8-9H,3,6-7H2,1-2H3,(H,14,15). The molecule has 2 rings (SSSR count). The summed E-state index contributed by atoms with van der Waals surface area (Å²) in [7, 11) is 0. The van der Waals surface area contributed by atoms with Crippen molar-refractivity contribution in [1.29, 1.82) is 0 Å². The predicted molar refractivity (Wildman–Crippen MR) is 66.0 cm³/mol. The molecule has 5 nitrogen and oxygen atoms in total. The summed E-state index contributed by atoms with van der Waals surface area (Å²) in [6, 6.07) is 5.50. The Hall–Kier alpha value is -1.91. The van der Waals surface area contributed by atoms with Gasteiger partial charge in [-0.15, -0.1) is 0 Å². The summed E-state index contributed by atoms with van der Waals surface area (Å²) in [5, 5.41) is 2.75. The molecule has 1 amide bonds. The number of carbonyl (C=O) groups excluding carboxylic acids is 1. The van der Waals surface area contributed by atoms with E-state index in [0.29, 0.717) is 19.8 Å². The van der Waals surface area contributed by atoms with Crippen LogP contribution in [-0.2, 0) is 4.74 Å². The van der Waals surface area contributed by atoms with Crippen molar-refractivity contribution < 1.29 is 19.0 Å². The SMILES string of the molecule is CCOC(=O)NC(C)c1ccc2c(c1)OCCO2. The van der Waals surface area contributed by atoms with Gasteiger partial charge in [0.05, 0.1) is 12.6 Å². The Morgan fingerprint density at radius 1 is 1.39 bits per heavy atom. The van der Waals surface area contributed by atoms with E-state index in [1.165, 1.54) is 0 Å². The molecule has 1 aliphatic rings. The summed E-state index contributed by atoms with van der Waals surface area (Å²) in [6.45, 7) is 5.15. The first-order valence-corrected chi connectivity index (χ1v) is 6.03. The van der Waals surface area contributed by atoms with E-state index in [4.69, 9.17) is 14.2 Å². The average molecular weight is 251 g/mol. The number of rotatable bonds is 3. The van der Waals surface area contributed by atoms with E-state index >= 15 is 0 Å². The molecule has 1 heterocycles. The van der Waals surface area contributed by atoms with Gasteiger partial charge in [0.15, 0.2) is 11.5 Å². The highest BCUT2D eigenvalue weighted by atomic mass is 16.6. The summed E-state index contributed by atoms with van der Waals surface area (Å²) in [4.78, 5) is 11.3. The van der Waals surface area contributed by atoms with Crippen molar-refractivity contribution >= 4 is 6.09 Å². The molecule has 1 atom stereocenters. The normalized spacial score (nSPS) is 14.8. The van der Waals surface area contributed by atoms with Crippen LogP contribution in [0.4, 0.5) is 4.79 Å². The smallest absolute Gasteiger partial charge is 0.407 e. The molecule has 1 N–H and O–H groups in total. The second-order valence-corrected chi connectivity index (χ2v) is 3.99. The Labute approximate surface area is 106 Å². The van der Waals surface area contributed by atoms with Gasteiger partial charge in [-0.25, -0.2) is 4.79 Å². The molecule has 0 saturated carbocycles. The van der Waals surface area contributed by atoms with Crippen LogP contribution in [0.15, 0.2) is 18.2 Å². The zero-order valence-corrected chi connectivity index (χ0v) is 10.6. The second-order valence-electron chi connectivity index (χ2n) is 3.99. The van der Waals surface area contributed by atoms with Gasteiger partial charge in [-0.05, 0) is 31.5 Å². The first-order valence-electron chi connectivity index (χ1n) is 6.03. The third-order valence-electron chi connectivity index (χ3n) is 2.68. The van der Waals surface area contributed by atoms with Gasteiger partial charge in [-0.3, -0.25) is 0 Å². The fourth-order valence-electron chi connectivity index (χ4n) is 1.76. The molecule has 1 unspecified atom stereocenters. The minimum Gasteiger partial charge on any atom is -0.486 e. The highest BCUT2D eigenvalue weighted by Gasteiger charge is 2.15. The van der Waals surface area contributed by atoms with Crippen LogP contribution in [0.2, 0.25) is 0 Å². The van der Waals surface area contributed by atoms with Gasteiger partial charge in [0.1, 0.15) is 13.2 Å². The minimum absolute atomic E-state index is 0.139. The van der Waals surface area contributed by atoms with Gasteiger partial charge in [0.25, 0.3) is 0 Å². The molecule has 1 aromatic carbocycles. The van der Waals surface area contributed by atoms with Crippen molar-refractivity contribution in [3.8, 4) is 11.5 Å². The maximum atomic E-state index is 11.3. The largest absolute Gasteiger partial charge is 0.486 e. The fourth-order valence-corrected chi connectivity index (χ4v) is 1.76. The van der Waals surface area contributed by atoms with E-state index in [-0.39, 0.29) is 6.04 Å². The monoisotopic (exact) mass is 251 g/mol. The zero-order valence-electron chi connectivity index (χ0n) is 10.6. The van der Waals surface area contributed by atoms with Gasteiger partial charge < -0.3 is 19.5 Å². The van der Waals surface area contributed by atoms with Gasteiger partial charge in [-0.2, -0.15) is 0 Å². The molecule has 1 aliphatic heterocycles. The Balaban J connectivity index is 2.06. The molecule has 5 heteroatoms. The Bertz CT molecular complexity index is 433. The van der Waals surface area contributed by atoms with Crippen LogP contribution >= 0.6 is 0 Å². The molecule has 1 aromatic rings. The summed E-state index contributed by atoms with van der Waals surface area (Å²) in [5.41, 5.74) is 0.951. The second kappa shape index (κ2) is 5.62. The Kier molecular flexibility index (Phi) is 3.92. The molecule has 0 aliphatic carbocycles. The lowest BCUT2D eigenvalue weighted by Gasteiger charge is -2.20. The minimum atomic E-state index is -0.417. The maximum Gasteiger partial charge on any atom is 0.407 e. The van der Waals surface area contributed by atoms with Crippen LogP contribution in [-0.4, -0.2) is 25.9 Å². The lowest BCUT2D eigenvalue weighted by Crippen LogP contribution is -2.27. The van der Waals surface area contributed by atoms with E-state index in [9.17, 15) is 4.79 Å². The topological polar surface area (TPSA) is 56.8 Å². The Morgan fingerprint density at radius 2 is 2.11 bits per heavy atom. The molecule has 0 saturated heterocycles. The lowest BCUT2D eigenvalue weighted by molar-refractivity contribution is 0.148. The van der Waals surface area contributed by atoms with Crippen LogP contribution in [0, 0.1) is 0 Å². The van der Waals surface area contributed by atoms with Crippen molar-refractivity contribution in [1.82, 2.24) is 5.32 Å². The average Bonchev–Trinajstić information content (AvgIpc) is 2.38. The zero-order chi connectivity index (χ0) is 13.0. The molecule has 0 spiro atoms. The number of ether oxygens (including phenoxy) is 3. The van der Waals surface area contributed by atoms with Crippen molar-refractivity contribution in [3.05, 3.63) is 23.8 Å². The number of nitrogens with one attached hydrogen (secondary N) is 1. The maximum absolute atomic E-state index is 11.3. The van der Waals surface area contributed by atoms with Crippen LogP contribution < -0.4 is 14.8 Å². The van der Waals surface area contributed by atoms with Crippen LogP contribution in [0.3, 0.4) is 0 Å². The highest BCUT2D eigenvalue weighted by molar-refractivity contribution is 5.67. The Morgan fingerprint density at radius 3 is 2.83 bits per heavy atom. The number of fused-ring (bicyclic) bond motifs is 1. The van der Waals surface area contributed by atoms with E-state index in [1.54, 1.807) is 6.92 Å². The lowest BCUT2D eigenvalue weighted by atomic mass is 10.1. The third kappa shape index (κ3) is 2.85. The summed E-state index contributed by atoms with van der Waals surface area (Å²) in [5.74, 6) is 1.46. The predicted octanol–water partition coefficient (Wildman–Crippen LogP) is 2.26. The van der Waals surface area contributed by atoms with Crippen LogP contribution in [0.1, 0.15) is 25.5 Å². The summed E-state index contributed by atoms with van der Waals surface area (Å²) in [6.07, 6.45) is -0.417. The molecular weight excluding hydrogens is 234 g/mol. The van der Waals surface area contributed by atoms with Gasteiger partial charge >= 0.3 is 6.09 Å². The molecule has 0 bridgehead atoms. The number of hydrogen-bond donors (Lipinski definition) is 1. The number of amides is 1. The van der Waals surface area contributed by atoms with Crippen molar-refractivity contribution in [3.63, 3.8) is 0 Å². The van der Waals surface area contributed by atoms with Crippen molar-refractivity contribution in [2.75, 3.05) is 19.8 Å². The summed E-state index contributed by atoms with van der Waals surface area (Å²) >= 11 is 0. The van der Waals surface area contributed by atoms with E-state index in [2.05, 4.69) is 5.32 Å². The quantitative estimate of drug-likeness (QED) is 0.895. The third-order valence-corrected chi connectivity index (χ3v) is 2.68. The molecule has 0 aromatic heterocycles. The highest BCUT2D eigenvalue weighted by Crippen LogP contribution is 2.32. The molecule has 18 heavy (non-hydrogen) atoms. The van der Waals surface area contributed by atoms with E-state index in [1.807, 2.05) is 25.1 Å².